The molecule has 0 unspecified atom stereocenters. The van der Waals surface area contributed by atoms with Gasteiger partial charge in [0.05, 0.1) is 32.5 Å². The second-order valence-corrected chi connectivity index (χ2v) is 8.68. The van der Waals surface area contributed by atoms with E-state index in [4.69, 9.17) is 23.7 Å². The molecule has 174 valence electrons. The second kappa shape index (κ2) is 11.2. The van der Waals surface area contributed by atoms with Gasteiger partial charge in [-0.05, 0) is 49.4 Å². The van der Waals surface area contributed by atoms with E-state index in [1.165, 1.54) is 29.6 Å². The van der Waals surface area contributed by atoms with Crippen molar-refractivity contribution in [1.29, 1.82) is 0 Å². The average molecular weight is 466 g/mol. The van der Waals surface area contributed by atoms with E-state index in [-0.39, 0.29) is 42.5 Å². The van der Waals surface area contributed by atoms with Crippen LogP contribution in [-0.4, -0.2) is 71.9 Å². The molecule has 0 spiro atoms. The molecule has 0 saturated carbocycles. The van der Waals surface area contributed by atoms with Gasteiger partial charge in [0.25, 0.3) is 0 Å². The number of esters is 1. The van der Waals surface area contributed by atoms with Crippen LogP contribution in [0.25, 0.3) is 0 Å². The lowest BCUT2D eigenvalue weighted by Crippen LogP contribution is -2.40. The third-order valence-corrected chi connectivity index (χ3v) is 6.63. The average Bonchev–Trinajstić information content (AvgIpc) is 2.83. The van der Waals surface area contributed by atoms with Crippen LogP contribution in [0.15, 0.2) is 47.4 Å². The topological polar surface area (TPSA) is 101 Å². The minimum Gasteiger partial charge on any atom is -0.495 e. The number of carbonyl (C=O) groups is 1. The Labute approximate surface area is 187 Å². The highest BCUT2D eigenvalue weighted by atomic mass is 32.2. The van der Waals surface area contributed by atoms with E-state index in [2.05, 4.69) is 0 Å². The van der Waals surface area contributed by atoms with Gasteiger partial charge in [0, 0.05) is 13.1 Å². The molecule has 0 N–H and O–H groups in total. The van der Waals surface area contributed by atoms with Crippen molar-refractivity contribution in [3.63, 3.8) is 0 Å². The van der Waals surface area contributed by atoms with Crippen LogP contribution in [0.4, 0.5) is 0 Å². The summed E-state index contributed by atoms with van der Waals surface area (Å²) in [7, 11) is -2.47. The summed E-state index contributed by atoms with van der Waals surface area (Å²) in [5, 5.41) is 0. The number of nitrogens with zero attached hydrogens (tertiary/aromatic N) is 1. The van der Waals surface area contributed by atoms with Crippen LogP contribution in [0.2, 0.25) is 0 Å². The van der Waals surface area contributed by atoms with Crippen molar-refractivity contribution < 1.29 is 36.9 Å². The molecule has 32 heavy (non-hydrogen) atoms. The Morgan fingerprint density at radius 3 is 2.28 bits per heavy atom. The Hall–Kier alpha value is -2.82. The molecule has 0 radical (unpaired) electrons. The molecule has 9 nitrogen and oxygen atoms in total. The van der Waals surface area contributed by atoms with Crippen molar-refractivity contribution >= 4 is 16.0 Å². The first-order chi connectivity index (χ1) is 15.5. The molecule has 1 fully saturated rings. The van der Waals surface area contributed by atoms with Crippen LogP contribution in [0.1, 0.15) is 17.3 Å². The standard InChI is InChI=1S/C22H27NO8S/c1-3-29-18-5-7-19(8-6-18)30-14-15-31-22(24)17-4-9-20(27-2)21(16-17)32(25,26)23-10-12-28-13-11-23/h4-9,16H,3,10-15H2,1-2H3. The molecule has 1 aliphatic heterocycles. The smallest absolute Gasteiger partial charge is 0.338 e. The molecule has 1 saturated heterocycles. The Morgan fingerprint density at radius 1 is 1.00 bits per heavy atom. The summed E-state index contributed by atoms with van der Waals surface area (Å²) < 4.78 is 54.0. The normalized spacial score (nSPS) is 14.6. The van der Waals surface area contributed by atoms with Crippen molar-refractivity contribution in [2.45, 2.75) is 11.8 Å². The highest BCUT2D eigenvalue weighted by Gasteiger charge is 2.30. The number of rotatable bonds is 10. The van der Waals surface area contributed by atoms with E-state index >= 15 is 0 Å². The first-order valence-corrected chi connectivity index (χ1v) is 11.7. The summed E-state index contributed by atoms with van der Waals surface area (Å²) in [5.41, 5.74) is 0.110. The number of morpholine rings is 1. The van der Waals surface area contributed by atoms with E-state index in [1.54, 1.807) is 24.3 Å². The number of methoxy groups -OCH3 is 1. The second-order valence-electron chi connectivity index (χ2n) is 6.77. The summed E-state index contributed by atoms with van der Waals surface area (Å²) in [6, 6.07) is 11.3. The Bertz CT molecular complexity index is 1000. The molecule has 0 aliphatic carbocycles. The van der Waals surface area contributed by atoms with Crippen LogP contribution in [0, 0.1) is 0 Å². The molecular formula is C22H27NO8S. The maximum Gasteiger partial charge on any atom is 0.338 e. The van der Waals surface area contributed by atoms with Crippen LogP contribution < -0.4 is 14.2 Å². The van der Waals surface area contributed by atoms with Crippen LogP contribution in [0.5, 0.6) is 17.2 Å². The summed E-state index contributed by atoms with van der Waals surface area (Å²) in [6.45, 7) is 3.75. The number of hydrogen-bond acceptors (Lipinski definition) is 8. The van der Waals surface area contributed by atoms with E-state index in [9.17, 15) is 13.2 Å². The summed E-state index contributed by atoms with van der Waals surface area (Å²) in [6.07, 6.45) is 0. The zero-order valence-corrected chi connectivity index (χ0v) is 18.9. The van der Waals surface area contributed by atoms with Gasteiger partial charge in [0.15, 0.2) is 0 Å². The molecule has 1 aliphatic rings. The predicted octanol–water partition coefficient (Wildman–Crippen LogP) is 2.35. The maximum absolute atomic E-state index is 13.0. The lowest BCUT2D eigenvalue weighted by atomic mass is 10.2. The van der Waals surface area contributed by atoms with Crippen molar-refractivity contribution in [3.05, 3.63) is 48.0 Å². The van der Waals surface area contributed by atoms with Crippen molar-refractivity contribution in [2.75, 3.05) is 53.2 Å². The molecular weight excluding hydrogens is 438 g/mol. The fraction of sp³-hybridized carbons (Fsp3) is 0.409. The van der Waals surface area contributed by atoms with E-state index < -0.39 is 16.0 Å². The van der Waals surface area contributed by atoms with Gasteiger partial charge in [-0.15, -0.1) is 0 Å². The molecule has 0 amide bonds. The largest absolute Gasteiger partial charge is 0.495 e. The van der Waals surface area contributed by atoms with E-state index in [0.29, 0.717) is 25.6 Å². The van der Waals surface area contributed by atoms with Gasteiger partial charge in [-0.3, -0.25) is 0 Å². The quantitative estimate of drug-likeness (QED) is 0.389. The molecule has 2 aromatic carbocycles. The molecule has 2 aromatic rings. The Balaban J connectivity index is 1.61. The number of carbonyl (C=O) groups excluding carboxylic acids is 1. The first kappa shape index (κ1) is 23.8. The first-order valence-electron chi connectivity index (χ1n) is 10.2. The molecule has 0 bridgehead atoms. The highest BCUT2D eigenvalue weighted by Crippen LogP contribution is 2.28. The molecule has 0 atom stereocenters. The Morgan fingerprint density at radius 2 is 1.66 bits per heavy atom. The summed E-state index contributed by atoms with van der Waals surface area (Å²) >= 11 is 0. The minimum atomic E-state index is -3.84. The van der Waals surface area contributed by atoms with Gasteiger partial charge in [0.2, 0.25) is 10.0 Å². The fourth-order valence-corrected chi connectivity index (χ4v) is 4.70. The third-order valence-electron chi connectivity index (χ3n) is 4.71. The van der Waals surface area contributed by atoms with E-state index in [0.717, 1.165) is 5.75 Å². The van der Waals surface area contributed by atoms with Crippen LogP contribution >= 0.6 is 0 Å². The molecule has 0 aromatic heterocycles. The zero-order valence-electron chi connectivity index (χ0n) is 18.1. The fourth-order valence-electron chi connectivity index (χ4n) is 3.11. The number of hydrogen-bond donors (Lipinski definition) is 0. The predicted molar refractivity (Wildman–Crippen MR) is 116 cm³/mol. The van der Waals surface area contributed by atoms with Gasteiger partial charge in [0.1, 0.15) is 35.4 Å². The lowest BCUT2D eigenvalue weighted by Gasteiger charge is -2.26. The van der Waals surface area contributed by atoms with Crippen molar-refractivity contribution in [3.8, 4) is 17.2 Å². The zero-order chi connectivity index (χ0) is 23.0. The van der Waals surface area contributed by atoms with Gasteiger partial charge >= 0.3 is 5.97 Å². The van der Waals surface area contributed by atoms with Crippen molar-refractivity contribution in [1.82, 2.24) is 4.31 Å². The van der Waals surface area contributed by atoms with Gasteiger partial charge in [-0.2, -0.15) is 4.31 Å². The van der Waals surface area contributed by atoms with Crippen LogP contribution in [-0.2, 0) is 19.5 Å². The molecule has 10 heteroatoms. The van der Waals surface area contributed by atoms with Gasteiger partial charge in [-0.25, -0.2) is 13.2 Å². The summed E-state index contributed by atoms with van der Waals surface area (Å²) in [5.74, 6) is 0.870. The monoisotopic (exact) mass is 465 g/mol. The molecule has 1 heterocycles. The maximum atomic E-state index is 13.0. The van der Waals surface area contributed by atoms with Gasteiger partial charge < -0.3 is 23.7 Å². The van der Waals surface area contributed by atoms with E-state index in [1.807, 2.05) is 6.92 Å². The lowest BCUT2D eigenvalue weighted by molar-refractivity contribution is 0.0450. The Kier molecular flexibility index (Phi) is 8.32. The minimum absolute atomic E-state index is 0.00359. The van der Waals surface area contributed by atoms with Crippen LogP contribution in [0.3, 0.4) is 0 Å². The highest BCUT2D eigenvalue weighted by molar-refractivity contribution is 7.89. The number of sulfonamides is 1. The summed E-state index contributed by atoms with van der Waals surface area (Å²) in [4.78, 5) is 12.4. The van der Waals surface area contributed by atoms with Gasteiger partial charge in [-0.1, -0.05) is 0 Å². The number of benzene rings is 2. The molecule has 3 rings (SSSR count). The third kappa shape index (κ3) is 5.90. The SMILES string of the molecule is CCOc1ccc(OCCOC(=O)c2ccc(OC)c(S(=O)(=O)N3CCOCC3)c2)cc1. The van der Waals surface area contributed by atoms with Crippen molar-refractivity contribution in [2.24, 2.45) is 0 Å². The number of ether oxygens (including phenoxy) is 5.